The number of pyridine rings is 2. The summed E-state index contributed by atoms with van der Waals surface area (Å²) in [7, 11) is -1.50. The summed E-state index contributed by atoms with van der Waals surface area (Å²) in [6.07, 6.45) is 8.17. The smallest absolute Gasteiger partial charge is 0.423 e. The third kappa shape index (κ3) is 8.22. The molecular formula is C70H46BBrN4O2. The summed E-state index contributed by atoms with van der Waals surface area (Å²) in [4.78, 5) is 9.36. The molecule has 0 aliphatic rings. The third-order valence-corrected chi connectivity index (χ3v) is 15.7. The van der Waals surface area contributed by atoms with Crippen molar-refractivity contribution in [3.8, 4) is 33.6 Å². The Bertz CT molecular complexity index is 4910. The van der Waals surface area contributed by atoms with Gasteiger partial charge in [-0.25, -0.2) is 9.97 Å². The highest BCUT2D eigenvalue weighted by atomic mass is 79.9. The first-order chi connectivity index (χ1) is 38.4. The second-order valence-electron chi connectivity index (χ2n) is 19.7. The molecule has 6 nitrogen and oxygen atoms in total. The highest BCUT2D eigenvalue weighted by molar-refractivity contribution is 9.10. The third-order valence-electron chi connectivity index (χ3n) is 15.2. The van der Waals surface area contributed by atoms with Crippen LogP contribution in [0.15, 0.2) is 272 Å². The first kappa shape index (κ1) is 47.0. The predicted molar refractivity (Wildman–Crippen MR) is 331 cm³/mol. The van der Waals surface area contributed by atoms with E-state index in [2.05, 4.69) is 189 Å². The molecule has 78 heavy (non-hydrogen) atoms. The molecule has 8 heteroatoms. The predicted octanol–water partition coefficient (Wildman–Crippen LogP) is 17.0. The Hall–Kier alpha value is -9.44. The van der Waals surface area contributed by atoms with E-state index < -0.39 is 7.12 Å². The molecule has 2 N–H and O–H groups in total. The van der Waals surface area contributed by atoms with Crippen LogP contribution in [-0.2, 0) is 0 Å². The van der Waals surface area contributed by atoms with Gasteiger partial charge in [-0.3, -0.25) is 0 Å². The van der Waals surface area contributed by atoms with E-state index in [0.717, 1.165) is 65.2 Å². The lowest BCUT2D eigenvalue weighted by Crippen LogP contribution is -2.30. The Kier molecular flexibility index (Phi) is 11.8. The van der Waals surface area contributed by atoms with Crippen LogP contribution in [0.5, 0.6) is 0 Å². The first-order valence-electron chi connectivity index (χ1n) is 26.0. The lowest BCUT2D eigenvalue weighted by atomic mass is 9.75. The number of nitrogens with zero attached hydrogens (tertiary/aromatic N) is 4. The van der Waals surface area contributed by atoms with Crippen LogP contribution in [0.25, 0.3) is 131 Å². The highest BCUT2D eigenvalue weighted by Gasteiger charge is 2.20. The minimum absolute atomic E-state index is 0.545. The van der Waals surface area contributed by atoms with Crippen molar-refractivity contribution in [2.45, 2.75) is 0 Å². The monoisotopic (exact) mass is 1060 g/mol. The number of benzene rings is 12. The van der Waals surface area contributed by atoms with Gasteiger partial charge in [0.2, 0.25) is 0 Å². The molecule has 0 saturated carbocycles. The van der Waals surface area contributed by atoms with Crippen LogP contribution >= 0.6 is 15.9 Å². The molecule has 4 aromatic heterocycles. The zero-order chi connectivity index (χ0) is 52.3. The van der Waals surface area contributed by atoms with Gasteiger partial charge in [0, 0.05) is 40.4 Å². The maximum atomic E-state index is 9.92. The van der Waals surface area contributed by atoms with E-state index in [1.54, 1.807) is 0 Å². The summed E-state index contributed by atoms with van der Waals surface area (Å²) in [5.41, 5.74) is 9.18. The van der Waals surface area contributed by atoms with Gasteiger partial charge in [0.15, 0.2) is 0 Å². The van der Waals surface area contributed by atoms with Gasteiger partial charge in [-0.1, -0.05) is 216 Å². The van der Waals surface area contributed by atoms with Gasteiger partial charge in [0.1, 0.15) is 11.3 Å². The number of rotatable bonds is 4. The van der Waals surface area contributed by atoms with E-state index >= 15 is 0 Å². The Balaban J connectivity index is 0.000000116. The van der Waals surface area contributed by atoms with Gasteiger partial charge in [-0.2, -0.15) is 0 Å². The maximum absolute atomic E-state index is 9.92. The molecule has 0 aliphatic carbocycles. The molecule has 0 aliphatic heterocycles. The lowest BCUT2D eigenvalue weighted by molar-refractivity contribution is 0.426. The largest absolute Gasteiger partial charge is 0.489 e. The van der Waals surface area contributed by atoms with Gasteiger partial charge in [-0.05, 0) is 145 Å². The molecule has 16 aromatic rings. The molecule has 16 rings (SSSR count). The van der Waals surface area contributed by atoms with Gasteiger partial charge < -0.3 is 18.8 Å². The molecular weight excluding hydrogens is 1020 g/mol. The van der Waals surface area contributed by atoms with Crippen molar-refractivity contribution < 1.29 is 10.0 Å². The van der Waals surface area contributed by atoms with Crippen molar-refractivity contribution in [3.63, 3.8) is 0 Å². The maximum Gasteiger partial charge on any atom is 0.489 e. The van der Waals surface area contributed by atoms with Gasteiger partial charge >= 0.3 is 7.12 Å². The number of imidazole rings is 2. The molecule has 0 bridgehead atoms. The standard InChI is InChI=1S/C35H22N2.C22H15BO2.C13H9BrN2/c1-2-11-27-25(9-1)26-10-3-5-13-29(26)35-30-14-6-4-12-28(30)31(21-32(27)35)23-16-18-24(19-17-23)33-22-37-20-8-7-15-34(37)36-33;24-23(25)21-13-20-16-9-2-1-7-14(16)15-8-3-5-11-18(15)22(20)19-12-6-4-10-17(19)21;14-11-6-4-10(5-7-11)12-9-16-8-2-1-3-13(16)15-12/h1-22H;1-13,24-25H;1-9H. The molecule has 0 radical (unpaired) electrons. The van der Waals surface area contributed by atoms with Crippen LogP contribution in [0.3, 0.4) is 0 Å². The van der Waals surface area contributed by atoms with Crippen LogP contribution in [0.1, 0.15) is 0 Å². The number of hydrogen-bond donors (Lipinski definition) is 2. The molecule has 0 atom stereocenters. The van der Waals surface area contributed by atoms with E-state index in [-0.39, 0.29) is 0 Å². The zero-order valence-corrected chi connectivity index (χ0v) is 43.6. The minimum atomic E-state index is -1.50. The Morgan fingerprint density at radius 1 is 0.321 bits per heavy atom. The second-order valence-corrected chi connectivity index (χ2v) is 20.6. The van der Waals surface area contributed by atoms with Crippen LogP contribution in [0.2, 0.25) is 0 Å². The van der Waals surface area contributed by atoms with Crippen molar-refractivity contribution in [1.29, 1.82) is 0 Å². The fraction of sp³-hybridized carbons (Fsp3) is 0. The van der Waals surface area contributed by atoms with Crippen molar-refractivity contribution in [2.24, 2.45) is 0 Å². The van der Waals surface area contributed by atoms with Gasteiger partial charge in [0.05, 0.1) is 11.4 Å². The average Bonchev–Trinajstić information content (AvgIpc) is 4.29. The van der Waals surface area contributed by atoms with Crippen molar-refractivity contribution in [2.75, 3.05) is 0 Å². The fourth-order valence-electron chi connectivity index (χ4n) is 11.6. The number of halogens is 1. The van der Waals surface area contributed by atoms with Crippen LogP contribution in [-0.4, -0.2) is 35.9 Å². The molecule has 0 unspecified atom stereocenters. The summed E-state index contributed by atoms with van der Waals surface area (Å²) < 4.78 is 5.17. The fourth-order valence-corrected chi connectivity index (χ4v) is 11.9. The van der Waals surface area contributed by atoms with E-state index in [0.29, 0.717) is 5.46 Å². The van der Waals surface area contributed by atoms with Crippen LogP contribution in [0, 0.1) is 0 Å². The second kappa shape index (κ2) is 19.6. The quantitative estimate of drug-likeness (QED) is 0.136. The summed E-state index contributed by atoms with van der Waals surface area (Å²) in [6.45, 7) is 0. The average molecular weight is 1070 g/mol. The van der Waals surface area contributed by atoms with Gasteiger partial charge in [-0.15, -0.1) is 0 Å². The minimum Gasteiger partial charge on any atom is -0.423 e. The highest BCUT2D eigenvalue weighted by Crippen LogP contribution is 2.43. The Labute approximate surface area is 457 Å². The number of aromatic nitrogens is 4. The summed E-state index contributed by atoms with van der Waals surface area (Å²) in [5, 5.41) is 39.1. The number of fused-ring (bicyclic) bond motifs is 18. The number of hydrogen-bond acceptors (Lipinski definition) is 4. The molecule has 368 valence electrons. The van der Waals surface area contributed by atoms with E-state index in [9.17, 15) is 10.0 Å². The van der Waals surface area contributed by atoms with Crippen molar-refractivity contribution >= 4 is 126 Å². The van der Waals surface area contributed by atoms with E-state index in [1.165, 1.54) is 70.4 Å². The van der Waals surface area contributed by atoms with E-state index in [4.69, 9.17) is 4.98 Å². The molecule has 0 spiro atoms. The summed E-state index contributed by atoms with van der Waals surface area (Å²) >= 11 is 3.43. The first-order valence-corrected chi connectivity index (χ1v) is 26.8. The van der Waals surface area contributed by atoms with Crippen LogP contribution in [0.4, 0.5) is 0 Å². The SMILES string of the molecule is Brc1ccc(-c2cn3ccccc3n2)cc1.OB(O)c1cc2c3ccccc3c3ccccc3c2c2ccccc12.c1ccc2c(c1)c(-c1ccc(-c3cn4ccccc4n3)cc1)cc1c3ccccc3c3ccccc3c21. The summed E-state index contributed by atoms with van der Waals surface area (Å²) in [5.74, 6) is 0. The van der Waals surface area contributed by atoms with Crippen molar-refractivity contribution in [3.05, 3.63) is 272 Å². The molecule has 12 aromatic carbocycles. The molecule has 0 fully saturated rings. The Morgan fingerprint density at radius 3 is 1.10 bits per heavy atom. The summed E-state index contributed by atoms with van der Waals surface area (Å²) in [6, 6.07) is 84.5. The normalized spacial score (nSPS) is 11.5. The molecule has 0 amide bonds. The van der Waals surface area contributed by atoms with E-state index in [1.807, 2.05) is 108 Å². The topological polar surface area (TPSA) is 75.1 Å². The van der Waals surface area contributed by atoms with Crippen molar-refractivity contribution in [1.82, 2.24) is 18.8 Å². The zero-order valence-electron chi connectivity index (χ0n) is 42.0. The Morgan fingerprint density at radius 2 is 0.654 bits per heavy atom. The van der Waals surface area contributed by atoms with Gasteiger partial charge in [0.25, 0.3) is 0 Å². The van der Waals surface area contributed by atoms with Crippen LogP contribution < -0.4 is 5.46 Å². The molecule has 4 heterocycles. The lowest BCUT2D eigenvalue weighted by Gasteiger charge is -2.16. The molecule has 0 saturated heterocycles.